The summed E-state index contributed by atoms with van der Waals surface area (Å²) in [5.74, 6) is -0.0652. The zero-order valence-electron chi connectivity index (χ0n) is 25.6. The summed E-state index contributed by atoms with van der Waals surface area (Å²) in [6, 6.07) is 20.1. The molecule has 2 N–H and O–H groups in total. The lowest BCUT2D eigenvalue weighted by molar-refractivity contribution is -0.143. The van der Waals surface area contributed by atoms with Crippen molar-refractivity contribution in [2.75, 3.05) is 12.8 Å². The molecule has 3 rings (SSSR count). The number of ether oxygens (including phenoxy) is 1. The van der Waals surface area contributed by atoms with E-state index in [4.69, 9.17) is 14.5 Å². The summed E-state index contributed by atoms with van der Waals surface area (Å²) in [6.45, 7) is 0.554. The summed E-state index contributed by atoms with van der Waals surface area (Å²) in [6.07, 6.45) is 20.5. The summed E-state index contributed by atoms with van der Waals surface area (Å²) >= 11 is 0. The first kappa shape index (κ1) is 34.3. The van der Waals surface area contributed by atoms with Gasteiger partial charge in [-0.1, -0.05) is 126 Å². The summed E-state index contributed by atoms with van der Waals surface area (Å²) < 4.78 is 16.2. The molecule has 0 saturated heterocycles. The maximum atomic E-state index is 11.9. The molecule has 0 unspecified atom stereocenters. The van der Waals surface area contributed by atoms with E-state index in [1.54, 1.807) is 0 Å². The smallest absolute Gasteiger partial charge is 0.325 e. The van der Waals surface area contributed by atoms with Gasteiger partial charge in [0.1, 0.15) is 0 Å². The van der Waals surface area contributed by atoms with Crippen LogP contribution in [0.15, 0.2) is 54.6 Å². The third-order valence-corrected chi connectivity index (χ3v) is 9.12. The Bertz CT molecular complexity index is 1230. The average molecular weight is 597 g/mol. The lowest BCUT2D eigenvalue weighted by atomic mass is 9.99. The number of fused-ring (bicyclic) bond motifs is 2. The maximum absolute atomic E-state index is 11.9. The summed E-state index contributed by atoms with van der Waals surface area (Å²) in [5.41, 5.74) is 1.45. The molecule has 0 amide bonds. The quantitative estimate of drug-likeness (QED) is 0.0492. The average Bonchev–Trinajstić information content (AvgIpc) is 2.97. The Morgan fingerprint density at radius 2 is 1.07 bits per heavy atom. The fraction of sp³-hybridized carbons (Fsp3) is 0.583. The van der Waals surface area contributed by atoms with Crippen LogP contribution in [0.5, 0.6) is 0 Å². The minimum atomic E-state index is -3.83. The standard InChI is InChI=1S/C36H53O5P/c37-36(23-15-11-7-3-5-9-13-19-27-42(38,39)40)41-26-18-12-8-4-1-2-6-10-14-20-31-24-25-34-29-32-21-16-17-22-33(32)30-35(34)28-31/h16-17,21-22,24-25,28-30H,1-15,18-20,23,26-27H2,(H2,38,39,40). The molecule has 0 aliphatic rings. The van der Waals surface area contributed by atoms with E-state index in [1.807, 2.05) is 0 Å². The van der Waals surface area contributed by atoms with Crippen LogP contribution in [0.25, 0.3) is 21.5 Å². The molecule has 0 aliphatic carbocycles. The molecule has 0 saturated carbocycles. The molecule has 0 spiro atoms. The van der Waals surface area contributed by atoms with Crippen LogP contribution >= 0.6 is 7.60 Å². The third-order valence-electron chi connectivity index (χ3n) is 8.22. The number of carbonyl (C=O) groups excluding carboxylic acids is 1. The highest BCUT2D eigenvalue weighted by atomic mass is 31.2. The Kier molecular flexibility index (Phi) is 16.2. The van der Waals surface area contributed by atoms with E-state index in [2.05, 4.69) is 54.6 Å². The molecule has 3 aromatic rings. The second-order valence-corrected chi connectivity index (χ2v) is 13.8. The monoisotopic (exact) mass is 596 g/mol. The van der Waals surface area contributed by atoms with Crippen LogP contribution < -0.4 is 0 Å². The minimum Gasteiger partial charge on any atom is -0.466 e. The number of esters is 1. The molecule has 0 fully saturated rings. The van der Waals surface area contributed by atoms with Gasteiger partial charge in [0.2, 0.25) is 0 Å². The molecule has 6 heteroatoms. The van der Waals surface area contributed by atoms with Crippen LogP contribution in [0.3, 0.4) is 0 Å². The lowest BCUT2D eigenvalue weighted by Gasteiger charge is -2.07. The van der Waals surface area contributed by atoms with Crippen molar-refractivity contribution in [2.24, 2.45) is 0 Å². The Morgan fingerprint density at radius 3 is 1.69 bits per heavy atom. The largest absolute Gasteiger partial charge is 0.466 e. The first-order valence-corrected chi connectivity index (χ1v) is 18.3. The normalized spacial score (nSPS) is 11.9. The SMILES string of the molecule is O=C(CCCCCCCCCCP(=O)(O)O)OCCCCCCCCCCCc1ccc2cc3ccccc3cc2c1. The van der Waals surface area contributed by atoms with E-state index in [0.29, 0.717) is 19.4 Å². The highest BCUT2D eigenvalue weighted by molar-refractivity contribution is 7.51. The molecule has 42 heavy (non-hydrogen) atoms. The number of hydrogen-bond donors (Lipinski definition) is 2. The van der Waals surface area contributed by atoms with E-state index in [1.165, 1.54) is 72.1 Å². The molecule has 0 heterocycles. The molecule has 0 bridgehead atoms. The van der Waals surface area contributed by atoms with Crippen LogP contribution in [0.2, 0.25) is 0 Å². The number of unbranched alkanes of at least 4 members (excludes halogenated alkanes) is 15. The number of benzene rings is 3. The van der Waals surface area contributed by atoms with Crippen molar-refractivity contribution in [3.05, 3.63) is 60.2 Å². The Balaban J connectivity index is 1.07. The predicted molar refractivity (Wildman–Crippen MR) is 176 cm³/mol. The van der Waals surface area contributed by atoms with E-state index < -0.39 is 7.60 Å². The van der Waals surface area contributed by atoms with E-state index in [0.717, 1.165) is 64.2 Å². The summed E-state index contributed by atoms with van der Waals surface area (Å²) in [7, 11) is -3.83. The van der Waals surface area contributed by atoms with Crippen LogP contribution in [-0.4, -0.2) is 28.5 Å². The third kappa shape index (κ3) is 14.8. The number of hydrogen-bond acceptors (Lipinski definition) is 3. The van der Waals surface area contributed by atoms with Crippen LogP contribution in [0, 0.1) is 0 Å². The van der Waals surface area contributed by atoms with Crippen molar-refractivity contribution in [2.45, 2.75) is 122 Å². The molecule has 232 valence electrons. The minimum absolute atomic E-state index is 0.00197. The Hall–Kier alpha value is -2.20. The van der Waals surface area contributed by atoms with Crippen LogP contribution in [0.4, 0.5) is 0 Å². The summed E-state index contributed by atoms with van der Waals surface area (Å²) in [4.78, 5) is 29.6. The first-order chi connectivity index (χ1) is 20.4. The van der Waals surface area contributed by atoms with Gasteiger partial charge in [0, 0.05) is 12.6 Å². The van der Waals surface area contributed by atoms with Crippen LogP contribution in [0.1, 0.15) is 121 Å². The molecular weight excluding hydrogens is 543 g/mol. The van der Waals surface area contributed by atoms with Gasteiger partial charge in [0.15, 0.2) is 0 Å². The van der Waals surface area contributed by atoms with Gasteiger partial charge in [-0.3, -0.25) is 9.36 Å². The zero-order chi connectivity index (χ0) is 29.9. The van der Waals surface area contributed by atoms with Gasteiger partial charge in [-0.25, -0.2) is 0 Å². The van der Waals surface area contributed by atoms with E-state index in [-0.39, 0.29) is 12.1 Å². The van der Waals surface area contributed by atoms with Gasteiger partial charge in [-0.05, 0) is 71.3 Å². The highest BCUT2D eigenvalue weighted by Gasteiger charge is 2.11. The van der Waals surface area contributed by atoms with Gasteiger partial charge in [-0.15, -0.1) is 0 Å². The molecular formula is C36H53O5P. The van der Waals surface area contributed by atoms with Gasteiger partial charge >= 0.3 is 13.6 Å². The number of aryl methyl sites for hydroxylation is 1. The van der Waals surface area contributed by atoms with Crippen molar-refractivity contribution in [3.8, 4) is 0 Å². The maximum Gasteiger partial charge on any atom is 0.325 e. The molecule has 0 aliphatic heterocycles. The Labute approximate surface area is 253 Å². The number of rotatable bonds is 23. The molecule has 0 atom stereocenters. The van der Waals surface area contributed by atoms with Crippen molar-refractivity contribution in [3.63, 3.8) is 0 Å². The van der Waals surface area contributed by atoms with Gasteiger partial charge in [0.25, 0.3) is 0 Å². The second-order valence-electron chi connectivity index (χ2n) is 12.0. The predicted octanol–water partition coefficient (Wildman–Crippen LogP) is 10.3. The zero-order valence-corrected chi connectivity index (χ0v) is 26.5. The van der Waals surface area contributed by atoms with Gasteiger partial charge < -0.3 is 14.5 Å². The molecule has 0 aromatic heterocycles. The Morgan fingerprint density at radius 1 is 0.571 bits per heavy atom. The van der Waals surface area contributed by atoms with Crippen molar-refractivity contribution in [1.82, 2.24) is 0 Å². The first-order valence-electron chi connectivity index (χ1n) is 16.5. The van der Waals surface area contributed by atoms with Crippen molar-refractivity contribution < 1.29 is 23.9 Å². The van der Waals surface area contributed by atoms with Crippen molar-refractivity contribution >= 4 is 35.1 Å². The fourth-order valence-corrected chi connectivity index (χ4v) is 6.36. The van der Waals surface area contributed by atoms with E-state index >= 15 is 0 Å². The molecule has 3 aromatic carbocycles. The van der Waals surface area contributed by atoms with Gasteiger partial charge in [-0.2, -0.15) is 0 Å². The second kappa shape index (κ2) is 19.9. The fourth-order valence-electron chi connectivity index (χ4n) is 5.72. The number of carbonyl (C=O) groups is 1. The van der Waals surface area contributed by atoms with Gasteiger partial charge in [0.05, 0.1) is 6.61 Å². The van der Waals surface area contributed by atoms with Crippen LogP contribution in [-0.2, 0) is 20.5 Å². The summed E-state index contributed by atoms with van der Waals surface area (Å²) in [5, 5.41) is 5.29. The van der Waals surface area contributed by atoms with Crippen molar-refractivity contribution in [1.29, 1.82) is 0 Å². The molecule has 0 radical (unpaired) electrons. The lowest BCUT2D eigenvalue weighted by Crippen LogP contribution is -2.05. The topological polar surface area (TPSA) is 83.8 Å². The molecule has 5 nitrogen and oxygen atoms in total. The van der Waals surface area contributed by atoms with E-state index in [9.17, 15) is 9.36 Å². The highest BCUT2D eigenvalue weighted by Crippen LogP contribution is 2.35.